The summed E-state index contributed by atoms with van der Waals surface area (Å²) >= 11 is 0. The maximum Gasteiger partial charge on any atom is 0.234 e. The third-order valence-electron chi connectivity index (χ3n) is 3.40. The highest BCUT2D eigenvalue weighted by Crippen LogP contribution is 2.14. The lowest BCUT2D eigenvalue weighted by Gasteiger charge is -2.15. The first-order valence-electron chi connectivity index (χ1n) is 7.91. The van der Waals surface area contributed by atoms with Gasteiger partial charge in [0.15, 0.2) is 0 Å². The maximum atomic E-state index is 11.3. The Bertz CT molecular complexity index is 404. The molecular formula is C17H28N2O2. The molecule has 0 saturated carbocycles. The molecule has 0 fully saturated rings. The Morgan fingerprint density at radius 3 is 2.52 bits per heavy atom. The van der Waals surface area contributed by atoms with Crippen LogP contribution in [0.1, 0.15) is 45.1 Å². The number of rotatable bonds is 11. The van der Waals surface area contributed by atoms with Crippen molar-refractivity contribution < 1.29 is 9.53 Å². The van der Waals surface area contributed by atoms with Crippen molar-refractivity contribution in [1.82, 2.24) is 5.32 Å². The van der Waals surface area contributed by atoms with Crippen molar-refractivity contribution in [3.05, 3.63) is 29.8 Å². The number of unbranched alkanes of at least 4 members (excludes halogenated alkanes) is 1. The van der Waals surface area contributed by atoms with E-state index in [0.29, 0.717) is 13.0 Å². The Balaban J connectivity index is 2.34. The van der Waals surface area contributed by atoms with Gasteiger partial charge in [0.05, 0.1) is 12.6 Å². The van der Waals surface area contributed by atoms with Crippen LogP contribution in [0.25, 0.3) is 0 Å². The van der Waals surface area contributed by atoms with Crippen molar-refractivity contribution in [3.63, 3.8) is 0 Å². The van der Waals surface area contributed by atoms with Crippen LogP contribution < -0.4 is 15.8 Å². The molecule has 118 valence electrons. The summed E-state index contributed by atoms with van der Waals surface area (Å²) in [6.07, 6.45) is 5.10. The zero-order valence-electron chi connectivity index (χ0n) is 13.2. The number of nitrogens with one attached hydrogen (secondary N) is 1. The summed E-state index contributed by atoms with van der Waals surface area (Å²) in [5, 5.41) is 3.13. The number of hydrogen-bond acceptors (Lipinski definition) is 3. The van der Waals surface area contributed by atoms with Crippen LogP contribution >= 0.6 is 0 Å². The number of carbonyl (C=O) groups is 1. The van der Waals surface area contributed by atoms with Crippen LogP contribution in [0.3, 0.4) is 0 Å². The van der Waals surface area contributed by atoms with E-state index < -0.39 is 0 Å². The predicted molar refractivity (Wildman–Crippen MR) is 86.4 cm³/mol. The quantitative estimate of drug-likeness (QED) is 0.659. The fourth-order valence-electron chi connectivity index (χ4n) is 2.09. The van der Waals surface area contributed by atoms with Crippen molar-refractivity contribution in [3.8, 4) is 5.75 Å². The lowest BCUT2D eigenvalue weighted by atomic mass is 10.1. The van der Waals surface area contributed by atoms with E-state index in [9.17, 15) is 4.79 Å². The third-order valence-corrected chi connectivity index (χ3v) is 3.40. The van der Waals surface area contributed by atoms with Crippen molar-refractivity contribution >= 4 is 5.91 Å². The second-order valence-corrected chi connectivity index (χ2v) is 5.29. The molecule has 1 atom stereocenters. The Morgan fingerprint density at radius 2 is 1.95 bits per heavy atom. The number of aryl methyl sites for hydroxylation is 1. The smallest absolute Gasteiger partial charge is 0.234 e. The van der Waals surface area contributed by atoms with Gasteiger partial charge in [-0.05, 0) is 43.5 Å². The fourth-order valence-corrected chi connectivity index (χ4v) is 2.09. The molecule has 0 bridgehead atoms. The third kappa shape index (κ3) is 7.14. The van der Waals surface area contributed by atoms with Crippen molar-refractivity contribution in [1.29, 1.82) is 0 Å². The first-order chi connectivity index (χ1) is 10.2. The summed E-state index contributed by atoms with van der Waals surface area (Å²) in [7, 11) is 0. The zero-order valence-corrected chi connectivity index (χ0v) is 13.2. The second-order valence-electron chi connectivity index (χ2n) is 5.29. The first-order valence-corrected chi connectivity index (χ1v) is 7.91. The Labute approximate surface area is 128 Å². The lowest BCUT2D eigenvalue weighted by molar-refractivity contribution is -0.120. The van der Waals surface area contributed by atoms with Gasteiger partial charge in [0.25, 0.3) is 0 Å². The lowest BCUT2D eigenvalue weighted by Crippen LogP contribution is -2.42. The molecule has 0 aliphatic carbocycles. The standard InChI is InChI=1S/C17H28N2O2/c1-3-5-6-14-7-9-15(10-8-14)21-13-11-16(17(18)20)19-12-4-2/h7-10,16,19H,3-6,11-13H2,1-2H3,(H2,18,20). The number of primary amides is 1. The summed E-state index contributed by atoms with van der Waals surface area (Å²) < 4.78 is 5.68. The van der Waals surface area contributed by atoms with Gasteiger partial charge < -0.3 is 15.8 Å². The van der Waals surface area contributed by atoms with Gasteiger partial charge in [-0.15, -0.1) is 0 Å². The topological polar surface area (TPSA) is 64.3 Å². The van der Waals surface area contributed by atoms with Crippen LogP contribution in [0, 0.1) is 0 Å². The highest BCUT2D eigenvalue weighted by Gasteiger charge is 2.13. The number of hydrogen-bond donors (Lipinski definition) is 2. The van der Waals surface area contributed by atoms with E-state index in [-0.39, 0.29) is 11.9 Å². The highest BCUT2D eigenvalue weighted by atomic mass is 16.5. The summed E-state index contributed by atoms with van der Waals surface area (Å²) in [5.74, 6) is 0.524. The van der Waals surface area contributed by atoms with Crippen LogP contribution in [0.4, 0.5) is 0 Å². The van der Waals surface area contributed by atoms with Crippen LogP contribution in [0.15, 0.2) is 24.3 Å². The number of carbonyl (C=O) groups excluding carboxylic acids is 1. The molecule has 0 heterocycles. The van der Waals surface area contributed by atoms with Crippen molar-refractivity contribution in [2.75, 3.05) is 13.2 Å². The molecule has 0 aliphatic rings. The van der Waals surface area contributed by atoms with E-state index in [0.717, 1.165) is 25.1 Å². The van der Waals surface area contributed by atoms with Gasteiger partial charge in [0, 0.05) is 6.42 Å². The van der Waals surface area contributed by atoms with E-state index in [4.69, 9.17) is 10.5 Å². The molecule has 1 rings (SSSR count). The average molecular weight is 292 g/mol. The molecule has 1 aromatic rings. The molecule has 21 heavy (non-hydrogen) atoms. The SMILES string of the molecule is CCCCc1ccc(OCCC(NCCC)C(N)=O)cc1. The minimum absolute atomic E-state index is 0.311. The Hall–Kier alpha value is -1.55. The van der Waals surface area contributed by atoms with Gasteiger partial charge in [-0.25, -0.2) is 0 Å². The van der Waals surface area contributed by atoms with Crippen molar-refractivity contribution in [2.45, 2.75) is 52.0 Å². The van der Waals surface area contributed by atoms with Crippen LogP contribution in [0.2, 0.25) is 0 Å². The van der Waals surface area contributed by atoms with Gasteiger partial charge in [-0.3, -0.25) is 4.79 Å². The first kappa shape index (κ1) is 17.5. The molecule has 4 heteroatoms. The molecule has 1 aromatic carbocycles. The van der Waals surface area contributed by atoms with Crippen LogP contribution in [-0.4, -0.2) is 25.1 Å². The van der Waals surface area contributed by atoms with Crippen LogP contribution in [-0.2, 0) is 11.2 Å². The minimum atomic E-state index is -0.318. The van der Waals surface area contributed by atoms with E-state index in [1.165, 1.54) is 18.4 Å². The summed E-state index contributed by atoms with van der Waals surface area (Å²) in [4.78, 5) is 11.3. The number of ether oxygens (including phenoxy) is 1. The molecule has 1 unspecified atom stereocenters. The van der Waals surface area contributed by atoms with E-state index in [2.05, 4.69) is 31.3 Å². The molecule has 0 spiro atoms. The Kier molecular flexibility index (Phi) is 8.51. The second kappa shape index (κ2) is 10.2. The van der Waals surface area contributed by atoms with Gasteiger partial charge >= 0.3 is 0 Å². The van der Waals surface area contributed by atoms with Crippen molar-refractivity contribution in [2.24, 2.45) is 5.73 Å². The summed E-state index contributed by atoms with van der Waals surface area (Å²) in [5.41, 5.74) is 6.70. The van der Waals surface area contributed by atoms with Crippen LogP contribution in [0.5, 0.6) is 5.75 Å². The normalized spacial score (nSPS) is 12.1. The number of benzene rings is 1. The molecule has 0 radical (unpaired) electrons. The van der Waals surface area contributed by atoms with Gasteiger partial charge in [0.1, 0.15) is 5.75 Å². The van der Waals surface area contributed by atoms with E-state index >= 15 is 0 Å². The Morgan fingerprint density at radius 1 is 1.24 bits per heavy atom. The average Bonchev–Trinajstić information content (AvgIpc) is 2.49. The van der Waals surface area contributed by atoms with Gasteiger partial charge in [-0.2, -0.15) is 0 Å². The number of amides is 1. The molecule has 4 nitrogen and oxygen atoms in total. The molecule has 3 N–H and O–H groups in total. The summed E-state index contributed by atoms with van der Waals surface area (Å²) in [6.45, 7) is 5.53. The summed E-state index contributed by atoms with van der Waals surface area (Å²) in [6, 6.07) is 7.87. The van der Waals surface area contributed by atoms with E-state index in [1.807, 2.05) is 12.1 Å². The largest absolute Gasteiger partial charge is 0.494 e. The predicted octanol–water partition coefficient (Wildman–Crippen LogP) is 2.65. The van der Waals surface area contributed by atoms with Gasteiger partial charge in [-0.1, -0.05) is 32.4 Å². The zero-order chi connectivity index (χ0) is 15.5. The molecular weight excluding hydrogens is 264 g/mol. The molecule has 1 amide bonds. The van der Waals surface area contributed by atoms with E-state index in [1.54, 1.807) is 0 Å². The van der Waals surface area contributed by atoms with Gasteiger partial charge in [0.2, 0.25) is 5.91 Å². The highest BCUT2D eigenvalue weighted by molar-refractivity contribution is 5.79. The molecule has 0 aliphatic heterocycles. The monoisotopic (exact) mass is 292 g/mol. The fraction of sp³-hybridized carbons (Fsp3) is 0.588. The molecule has 0 aromatic heterocycles. The minimum Gasteiger partial charge on any atom is -0.494 e. The maximum absolute atomic E-state index is 11.3. The molecule has 0 saturated heterocycles. The number of nitrogens with two attached hydrogens (primary N) is 1.